The van der Waals surface area contributed by atoms with E-state index in [9.17, 15) is 0 Å². The van der Waals surface area contributed by atoms with Gasteiger partial charge in [-0.05, 0) is 0 Å². The van der Waals surface area contributed by atoms with Gasteiger partial charge in [-0.3, -0.25) is 0 Å². The van der Waals surface area contributed by atoms with Gasteiger partial charge in [0.15, 0.2) is 0 Å². The zero-order valence-electron chi connectivity index (χ0n) is 14.4. The van der Waals surface area contributed by atoms with E-state index in [-0.39, 0.29) is 19.2 Å². The summed E-state index contributed by atoms with van der Waals surface area (Å²) in [6.07, 6.45) is 11.2. The van der Waals surface area contributed by atoms with Gasteiger partial charge in [-0.1, -0.05) is 25.3 Å². The molecule has 0 bridgehead atoms. The Kier molecular flexibility index (Phi) is 22.9. The molecule has 0 aromatic heterocycles. The van der Waals surface area contributed by atoms with Crippen LogP contribution in [0.3, 0.4) is 0 Å². The average molecular weight is 312 g/mol. The van der Waals surface area contributed by atoms with Crippen molar-refractivity contribution in [3.63, 3.8) is 0 Å². The van der Waals surface area contributed by atoms with Gasteiger partial charge in [0, 0.05) is 0 Å². The quantitative estimate of drug-likeness (QED) is 0.460. The van der Waals surface area contributed by atoms with Gasteiger partial charge in [0.25, 0.3) is 0 Å². The minimum absolute atomic E-state index is 0.146. The molecule has 20 heavy (non-hydrogen) atoms. The van der Waals surface area contributed by atoms with Gasteiger partial charge in [0.05, 0.1) is 0 Å². The van der Waals surface area contributed by atoms with Crippen molar-refractivity contribution in [3.05, 3.63) is 58.0 Å². The Hall–Kier alpha value is -0.406. The molecule has 0 fully saturated rings. The summed E-state index contributed by atoms with van der Waals surface area (Å²) >= 11 is 0.146. The van der Waals surface area contributed by atoms with Crippen LogP contribution in [0.1, 0.15) is 27.2 Å². The molecule has 0 aromatic carbocycles. The maximum atomic E-state index is 3.50. The van der Waals surface area contributed by atoms with Crippen molar-refractivity contribution in [2.45, 2.75) is 30.9 Å². The number of allylic oxidation sites excluding steroid dienone is 6. The summed E-state index contributed by atoms with van der Waals surface area (Å²) in [6, 6.07) is 0. The molecule has 1 rings (SSSR count). The second-order valence-corrected chi connectivity index (χ2v) is 8.80. The van der Waals surface area contributed by atoms with Crippen LogP contribution in [0.15, 0.2) is 47.4 Å². The molecule has 114 valence electrons. The second-order valence-electron chi connectivity index (χ2n) is 5.07. The molecule has 0 spiro atoms. The summed E-state index contributed by atoms with van der Waals surface area (Å²) in [4.78, 5) is 0. The van der Waals surface area contributed by atoms with Gasteiger partial charge in [0.1, 0.15) is 0 Å². The third kappa shape index (κ3) is 30.5. The van der Waals surface area contributed by atoms with E-state index in [0.29, 0.717) is 3.72 Å². The summed E-state index contributed by atoms with van der Waals surface area (Å²) in [7, 11) is 7.00. The minimum atomic E-state index is 0.146. The van der Waals surface area contributed by atoms with Crippen LogP contribution in [0, 0.1) is 0 Å². The maximum Gasteiger partial charge on any atom is -0.162 e. The molecule has 0 radical (unpaired) electrons. The van der Waals surface area contributed by atoms with Crippen molar-refractivity contribution >= 4 is 0 Å². The number of rotatable bonds is 2. The smallest absolute Gasteiger partial charge is 0.162 e. The Morgan fingerprint density at radius 3 is 1.65 bits per heavy atom. The van der Waals surface area contributed by atoms with Crippen molar-refractivity contribution in [3.8, 4) is 0 Å². The third-order valence-electron chi connectivity index (χ3n) is 1.47. The molecule has 0 amide bonds. The zero-order valence-corrected chi connectivity index (χ0v) is 16.0. The van der Waals surface area contributed by atoms with Crippen molar-refractivity contribution < 1.29 is 19.2 Å². The van der Waals surface area contributed by atoms with Crippen LogP contribution < -0.4 is 0 Å². The van der Waals surface area contributed by atoms with E-state index in [1.54, 1.807) is 44.2 Å². The van der Waals surface area contributed by atoms with Crippen molar-refractivity contribution in [2.75, 3.05) is 28.2 Å². The van der Waals surface area contributed by atoms with E-state index in [1.165, 1.54) is 6.42 Å². The van der Waals surface area contributed by atoms with Gasteiger partial charge in [-0.15, -0.1) is 0 Å². The molecule has 1 aliphatic carbocycles. The number of nitrogens with zero attached hydrogens (tertiary/aromatic N) is 2. The molecular formula is C17H32N2Ti. The average Bonchev–Trinajstić information content (AvgIpc) is 2.82. The van der Waals surface area contributed by atoms with Crippen LogP contribution in [-0.4, -0.2) is 28.2 Å². The van der Waals surface area contributed by atoms with E-state index in [1.807, 2.05) is 0 Å². The molecule has 0 aliphatic heterocycles. The SMILES string of the molecule is C=CC=C.C[C](C)(C)[Ti+2][C]1=CC=CC1.C[N-]C.C[N-]C. The fraction of sp³-hybridized carbons (Fsp3) is 0.529. The van der Waals surface area contributed by atoms with Crippen molar-refractivity contribution in [1.29, 1.82) is 0 Å². The minimum Gasteiger partial charge on any atom is -0.668 e. The van der Waals surface area contributed by atoms with Crippen molar-refractivity contribution in [1.82, 2.24) is 0 Å². The first-order valence-corrected chi connectivity index (χ1v) is 8.22. The predicted molar refractivity (Wildman–Crippen MR) is 92.4 cm³/mol. The van der Waals surface area contributed by atoms with E-state index in [2.05, 4.69) is 62.8 Å². The summed E-state index contributed by atoms with van der Waals surface area (Å²) in [6.45, 7) is 13.7. The normalized spacial score (nSPS) is 11.2. The molecule has 0 N–H and O–H groups in total. The molecule has 3 heteroatoms. The molecule has 2 nitrogen and oxygen atoms in total. The van der Waals surface area contributed by atoms with Crippen LogP contribution in [0.2, 0.25) is 3.72 Å². The largest absolute Gasteiger partial charge is 0.668 e. The Balaban J connectivity index is -0.000000242. The maximum absolute atomic E-state index is 3.50. The first kappa shape index (κ1) is 24.6. The molecule has 0 aromatic rings. The fourth-order valence-corrected chi connectivity index (χ4v) is 3.15. The van der Waals surface area contributed by atoms with Crippen LogP contribution in [0.4, 0.5) is 0 Å². The van der Waals surface area contributed by atoms with E-state index in [4.69, 9.17) is 0 Å². The summed E-state index contributed by atoms with van der Waals surface area (Å²) in [5.74, 6) is 0. The van der Waals surface area contributed by atoms with Gasteiger partial charge >= 0.3 is 72.2 Å². The zero-order chi connectivity index (χ0) is 16.4. The van der Waals surface area contributed by atoms with Crippen molar-refractivity contribution in [2.24, 2.45) is 0 Å². The molecule has 0 atom stereocenters. The van der Waals surface area contributed by atoms with E-state index >= 15 is 0 Å². The molecule has 0 saturated carbocycles. The summed E-state index contributed by atoms with van der Waals surface area (Å²) < 4.78 is 2.28. The van der Waals surface area contributed by atoms with Crippen LogP contribution in [0.25, 0.3) is 10.6 Å². The molecule has 0 unspecified atom stereocenters. The summed E-state index contributed by atoms with van der Waals surface area (Å²) in [5.41, 5.74) is 0. The molecule has 0 heterocycles. The van der Waals surface area contributed by atoms with Crippen LogP contribution in [-0.2, 0) is 19.2 Å². The fourth-order valence-electron chi connectivity index (χ4n) is 1.02. The Bertz CT molecular complexity index is 265. The number of hydrogen-bond acceptors (Lipinski definition) is 0. The third-order valence-corrected chi connectivity index (χ3v) is 3.73. The van der Waals surface area contributed by atoms with E-state index in [0.717, 1.165) is 0 Å². The summed E-state index contributed by atoms with van der Waals surface area (Å²) in [5, 5.41) is 7.00. The molecule has 1 aliphatic rings. The molecular weight excluding hydrogens is 280 g/mol. The standard InChI is InChI=1S/C5H5.C4H9.C4H6.2C2H6N.Ti/c1-2-4-5-3-1;1-4(2)3;1-3-4-2;2*1-3-2;/h1-3H,4H2;1-3H3;3-4H,1-2H2;2*1-2H3;/q;;;2*-1;+2. The molecule has 0 saturated heterocycles. The monoisotopic (exact) mass is 312 g/mol. The first-order valence-electron chi connectivity index (χ1n) is 6.66. The van der Waals surface area contributed by atoms with E-state index < -0.39 is 0 Å². The van der Waals surface area contributed by atoms with Gasteiger partial charge in [0.2, 0.25) is 0 Å². The topological polar surface area (TPSA) is 28.2 Å². The Morgan fingerprint density at radius 1 is 1.05 bits per heavy atom. The Morgan fingerprint density at radius 2 is 1.45 bits per heavy atom. The van der Waals surface area contributed by atoms with Gasteiger partial charge in [-0.25, -0.2) is 0 Å². The van der Waals surface area contributed by atoms with Gasteiger partial charge < -0.3 is 10.6 Å². The first-order chi connectivity index (χ1) is 9.32. The van der Waals surface area contributed by atoms with Gasteiger partial charge in [-0.2, -0.15) is 28.2 Å². The predicted octanol–water partition coefficient (Wildman–Crippen LogP) is 5.73. The van der Waals surface area contributed by atoms with Crippen LogP contribution in [0.5, 0.6) is 0 Å². The number of hydrogen-bond donors (Lipinski definition) is 0. The van der Waals surface area contributed by atoms with Crippen LogP contribution >= 0.6 is 0 Å². The second kappa shape index (κ2) is 18.6. The Labute approximate surface area is 136 Å².